The van der Waals surface area contributed by atoms with Gasteiger partial charge < -0.3 is 9.84 Å². The highest BCUT2D eigenvalue weighted by molar-refractivity contribution is 14.1. The number of hydrogen-bond donors (Lipinski definition) is 1. The van der Waals surface area contributed by atoms with Crippen molar-refractivity contribution in [2.45, 2.75) is 13.5 Å². The zero-order chi connectivity index (χ0) is 16.9. The quantitative estimate of drug-likeness (QED) is 0.713. The van der Waals surface area contributed by atoms with Crippen LogP contribution in [0.25, 0.3) is 0 Å². The van der Waals surface area contributed by atoms with Crippen LogP contribution in [0.5, 0.6) is 0 Å². The Morgan fingerprint density at radius 1 is 1.21 bits per heavy atom. The van der Waals surface area contributed by atoms with E-state index >= 15 is 0 Å². The Kier molecular flexibility index (Phi) is 5.80. The fourth-order valence-electron chi connectivity index (χ4n) is 2.64. The van der Waals surface area contributed by atoms with Crippen molar-refractivity contribution < 1.29 is 9.32 Å². The first-order chi connectivity index (χ1) is 11.6. The van der Waals surface area contributed by atoms with Gasteiger partial charge in [0.2, 0.25) is 11.8 Å². The summed E-state index contributed by atoms with van der Waals surface area (Å²) in [5.74, 6) is 1.34. The van der Waals surface area contributed by atoms with Crippen molar-refractivity contribution in [2.75, 3.05) is 38.0 Å². The van der Waals surface area contributed by atoms with E-state index in [2.05, 4.69) is 47.8 Å². The number of aryl methyl sites for hydroxylation is 1. The van der Waals surface area contributed by atoms with Crippen LogP contribution in [-0.2, 0) is 11.3 Å². The molecule has 24 heavy (non-hydrogen) atoms. The van der Waals surface area contributed by atoms with Gasteiger partial charge in [0.25, 0.3) is 0 Å². The molecule has 2 aromatic rings. The zero-order valence-corrected chi connectivity index (χ0v) is 15.7. The van der Waals surface area contributed by atoms with Crippen molar-refractivity contribution in [3.63, 3.8) is 0 Å². The van der Waals surface area contributed by atoms with E-state index < -0.39 is 0 Å². The molecular weight excluding hydrogens is 421 g/mol. The fraction of sp³-hybridized carbons (Fsp3) is 0.438. The minimum Gasteiger partial charge on any atom is -0.338 e. The van der Waals surface area contributed by atoms with Crippen molar-refractivity contribution in [1.29, 1.82) is 0 Å². The summed E-state index contributed by atoms with van der Waals surface area (Å²) >= 11 is 2.24. The molecule has 1 N–H and O–H groups in total. The maximum Gasteiger partial charge on any atom is 0.240 e. The first-order valence-electron chi connectivity index (χ1n) is 7.88. The summed E-state index contributed by atoms with van der Waals surface area (Å²) in [6.07, 6.45) is 0. The van der Waals surface area contributed by atoms with Gasteiger partial charge in [-0.3, -0.25) is 14.6 Å². The summed E-state index contributed by atoms with van der Waals surface area (Å²) in [5, 5.41) is 6.74. The van der Waals surface area contributed by atoms with Gasteiger partial charge in [0, 0.05) is 35.4 Å². The van der Waals surface area contributed by atoms with Gasteiger partial charge in [0.05, 0.1) is 13.1 Å². The van der Waals surface area contributed by atoms with Crippen molar-refractivity contribution in [1.82, 2.24) is 19.9 Å². The van der Waals surface area contributed by atoms with Gasteiger partial charge in [-0.1, -0.05) is 5.16 Å². The van der Waals surface area contributed by atoms with E-state index in [9.17, 15) is 4.79 Å². The highest BCUT2D eigenvalue weighted by Crippen LogP contribution is 2.12. The maximum absolute atomic E-state index is 12.1. The number of aromatic nitrogens is 2. The standard InChI is InChI=1S/C16H20IN5O2/c1-12-18-16(24-20-12)11-22-8-6-21(7-9-22)10-15(23)19-14-4-2-13(17)3-5-14/h2-5H,6-11H2,1H3,(H,19,23). The highest BCUT2D eigenvalue weighted by atomic mass is 127. The van der Waals surface area contributed by atoms with E-state index in [0.29, 0.717) is 24.8 Å². The number of carbonyl (C=O) groups is 1. The Hall–Kier alpha value is -1.52. The number of halogens is 1. The molecule has 0 spiro atoms. The van der Waals surface area contributed by atoms with Gasteiger partial charge >= 0.3 is 0 Å². The molecule has 1 saturated heterocycles. The molecule has 2 heterocycles. The lowest BCUT2D eigenvalue weighted by Crippen LogP contribution is -2.48. The summed E-state index contributed by atoms with van der Waals surface area (Å²) in [4.78, 5) is 20.8. The molecule has 0 aliphatic carbocycles. The highest BCUT2D eigenvalue weighted by Gasteiger charge is 2.20. The maximum atomic E-state index is 12.1. The minimum absolute atomic E-state index is 0.0252. The van der Waals surface area contributed by atoms with Gasteiger partial charge in [-0.2, -0.15) is 4.98 Å². The summed E-state index contributed by atoms with van der Waals surface area (Å²) in [5.41, 5.74) is 0.839. The molecule has 7 nitrogen and oxygen atoms in total. The first-order valence-corrected chi connectivity index (χ1v) is 8.96. The Labute approximate surface area is 154 Å². The van der Waals surface area contributed by atoms with Crippen LogP contribution in [0, 0.1) is 10.5 Å². The van der Waals surface area contributed by atoms with Crippen LogP contribution in [0.4, 0.5) is 5.69 Å². The van der Waals surface area contributed by atoms with Crippen LogP contribution < -0.4 is 5.32 Å². The molecule has 0 unspecified atom stereocenters. The van der Waals surface area contributed by atoms with Crippen molar-refractivity contribution in [3.05, 3.63) is 39.6 Å². The number of amides is 1. The number of carbonyl (C=O) groups excluding carboxylic acids is 1. The number of piperazine rings is 1. The summed E-state index contributed by atoms with van der Waals surface area (Å²) in [7, 11) is 0. The van der Waals surface area contributed by atoms with E-state index in [1.165, 1.54) is 0 Å². The average Bonchev–Trinajstić information content (AvgIpc) is 2.96. The summed E-state index contributed by atoms with van der Waals surface area (Å²) < 4.78 is 6.30. The molecule has 1 fully saturated rings. The molecule has 3 rings (SSSR count). The SMILES string of the molecule is Cc1noc(CN2CCN(CC(=O)Nc3ccc(I)cc3)CC2)n1. The van der Waals surface area contributed by atoms with Gasteiger partial charge in [-0.15, -0.1) is 0 Å². The van der Waals surface area contributed by atoms with Gasteiger partial charge in [-0.25, -0.2) is 0 Å². The molecule has 128 valence electrons. The van der Waals surface area contributed by atoms with Crippen LogP contribution in [0.3, 0.4) is 0 Å². The minimum atomic E-state index is 0.0252. The van der Waals surface area contributed by atoms with Crippen molar-refractivity contribution in [3.8, 4) is 0 Å². The van der Waals surface area contributed by atoms with Gasteiger partial charge in [0.1, 0.15) is 0 Å². The lowest BCUT2D eigenvalue weighted by Gasteiger charge is -2.33. The molecule has 1 aliphatic rings. The molecule has 1 amide bonds. The Morgan fingerprint density at radius 2 is 1.88 bits per heavy atom. The third kappa shape index (κ3) is 4.99. The monoisotopic (exact) mass is 441 g/mol. The van der Waals surface area contributed by atoms with Crippen LogP contribution in [-0.4, -0.2) is 58.6 Å². The van der Waals surface area contributed by atoms with Crippen LogP contribution >= 0.6 is 22.6 Å². The fourth-order valence-corrected chi connectivity index (χ4v) is 3.00. The molecule has 0 atom stereocenters. The van der Waals surface area contributed by atoms with Gasteiger partial charge in [-0.05, 0) is 53.8 Å². The lowest BCUT2D eigenvalue weighted by atomic mass is 10.3. The number of nitrogens with zero attached hydrogens (tertiary/aromatic N) is 4. The van der Waals surface area contributed by atoms with E-state index in [1.54, 1.807) is 0 Å². The van der Waals surface area contributed by atoms with Crippen molar-refractivity contribution in [2.24, 2.45) is 0 Å². The summed E-state index contributed by atoms with van der Waals surface area (Å²) in [6, 6.07) is 7.80. The number of hydrogen-bond acceptors (Lipinski definition) is 6. The second-order valence-electron chi connectivity index (χ2n) is 5.84. The Balaban J connectivity index is 1.41. The molecule has 1 aromatic carbocycles. The predicted octanol–water partition coefficient (Wildman–Crippen LogP) is 1.74. The molecule has 1 aliphatic heterocycles. The Bertz CT molecular complexity index is 680. The molecule has 8 heteroatoms. The average molecular weight is 441 g/mol. The molecule has 1 aromatic heterocycles. The zero-order valence-electron chi connectivity index (χ0n) is 13.5. The Morgan fingerprint density at radius 3 is 2.50 bits per heavy atom. The largest absolute Gasteiger partial charge is 0.338 e. The number of nitrogens with one attached hydrogen (secondary N) is 1. The second-order valence-corrected chi connectivity index (χ2v) is 7.09. The molecule has 0 saturated carbocycles. The van der Waals surface area contributed by atoms with E-state index in [1.807, 2.05) is 31.2 Å². The third-order valence-corrected chi connectivity index (χ3v) is 4.61. The predicted molar refractivity (Wildman–Crippen MR) is 98.5 cm³/mol. The van der Waals surface area contributed by atoms with Crippen LogP contribution in [0.15, 0.2) is 28.8 Å². The van der Waals surface area contributed by atoms with E-state index in [4.69, 9.17) is 4.52 Å². The van der Waals surface area contributed by atoms with E-state index in [0.717, 1.165) is 35.4 Å². The molecule has 0 radical (unpaired) electrons. The van der Waals surface area contributed by atoms with Gasteiger partial charge in [0.15, 0.2) is 5.82 Å². The molecular formula is C16H20IN5O2. The van der Waals surface area contributed by atoms with Crippen LogP contribution in [0.2, 0.25) is 0 Å². The third-order valence-electron chi connectivity index (χ3n) is 3.89. The number of anilines is 1. The van der Waals surface area contributed by atoms with Crippen LogP contribution in [0.1, 0.15) is 11.7 Å². The summed E-state index contributed by atoms with van der Waals surface area (Å²) in [6.45, 7) is 6.39. The lowest BCUT2D eigenvalue weighted by molar-refractivity contribution is -0.117. The number of rotatable bonds is 5. The smallest absolute Gasteiger partial charge is 0.240 e. The molecule has 0 bridgehead atoms. The second kappa shape index (κ2) is 8.04. The first kappa shape index (κ1) is 17.3. The van der Waals surface area contributed by atoms with Crippen molar-refractivity contribution >= 4 is 34.2 Å². The van der Waals surface area contributed by atoms with E-state index in [-0.39, 0.29) is 5.91 Å². The topological polar surface area (TPSA) is 74.5 Å². The normalized spacial score (nSPS) is 16.2. The number of benzene rings is 1.